The summed E-state index contributed by atoms with van der Waals surface area (Å²) in [5, 5.41) is 9.69. The van der Waals surface area contributed by atoms with Gasteiger partial charge in [0.25, 0.3) is 5.91 Å². The lowest BCUT2D eigenvalue weighted by molar-refractivity contribution is 0.0707. The smallest absolute Gasteiger partial charge is 0.257 e. The van der Waals surface area contributed by atoms with E-state index in [2.05, 4.69) is 0 Å². The highest BCUT2D eigenvalue weighted by Gasteiger charge is 2.16. The summed E-state index contributed by atoms with van der Waals surface area (Å²) in [5.74, 6) is 0.226. The molecule has 0 aliphatic heterocycles. The Balaban J connectivity index is 2.76. The Labute approximate surface area is 107 Å². The number of carbonyl (C=O) groups excluding carboxylic acids is 1. The Bertz CT molecular complexity index is 406. The average molecular weight is 253 g/mol. The second kappa shape index (κ2) is 6.86. The number of phenolic OH excluding ortho intramolecular Hbond substituents is 1. The number of methoxy groups -OCH3 is 1. The van der Waals surface area contributed by atoms with Crippen molar-refractivity contribution >= 4 is 5.91 Å². The molecule has 0 spiro atoms. The number of hydrogen-bond donors (Lipinski definition) is 1. The number of phenols is 1. The fourth-order valence-electron chi connectivity index (χ4n) is 1.47. The van der Waals surface area contributed by atoms with E-state index in [1.807, 2.05) is 6.92 Å². The maximum Gasteiger partial charge on any atom is 0.257 e. The summed E-state index contributed by atoms with van der Waals surface area (Å²) in [6, 6.07) is 4.57. The lowest BCUT2D eigenvalue weighted by atomic mass is 10.1. The number of carbonyl (C=O) groups is 1. The van der Waals surface area contributed by atoms with Gasteiger partial charge >= 0.3 is 0 Å². The van der Waals surface area contributed by atoms with Gasteiger partial charge in [-0.2, -0.15) is 0 Å². The van der Waals surface area contributed by atoms with Gasteiger partial charge in [-0.1, -0.05) is 0 Å². The number of amides is 1. The summed E-state index contributed by atoms with van der Waals surface area (Å²) in [7, 11) is 3.18. The van der Waals surface area contributed by atoms with Crippen molar-refractivity contribution < 1.29 is 19.4 Å². The predicted octanol–water partition coefficient (Wildman–Crippen LogP) is 1.51. The van der Waals surface area contributed by atoms with Gasteiger partial charge in [-0.3, -0.25) is 4.79 Å². The first-order valence-corrected chi connectivity index (χ1v) is 5.80. The van der Waals surface area contributed by atoms with Crippen molar-refractivity contribution in [3.05, 3.63) is 23.8 Å². The third-order valence-electron chi connectivity index (χ3n) is 2.56. The standard InChI is InChI=1S/C13H19NO4/c1-4-18-8-7-14(2)13(16)11-9-10(17-3)5-6-12(11)15/h5-6,9,15H,4,7-8H2,1-3H3. The topological polar surface area (TPSA) is 59.0 Å². The molecule has 1 amide bonds. The van der Waals surface area contributed by atoms with Gasteiger partial charge in [0.15, 0.2) is 0 Å². The monoisotopic (exact) mass is 253 g/mol. The molecule has 0 radical (unpaired) electrons. The number of rotatable bonds is 6. The summed E-state index contributed by atoms with van der Waals surface area (Å²) in [6.07, 6.45) is 0. The van der Waals surface area contributed by atoms with Crippen molar-refractivity contribution in [2.75, 3.05) is 33.9 Å². The summed E-state index contributed by atoms with van der Waals surface area (Å²) in [4.78, 5) is 13.6. The SMILES string of the molecule is CCOCCN(C)C(=O)c1cc(OC)ccc1O. The normalized spacial score (nSPS) is 10.2. The van der Waals surface area contributed by atoms with Gasteiger partial charge < -0.3 is 19.5 Å². The molecule has 0 aromatic heterocycles. The highest BCUT2D eigenvalue weighted by Crippen LogP contribution is 2.23. The van der Waals surface area contributed by atoms with Crippen molar-refractivity contribution in [2.45, 2.75) is 6.92 Å². The zero-order valence-electron chi connectivity index (χ0n) is 11.0. The van der Waals surface area contributed by atoms with E-state index >= 15 is 0 Å². The molecule has 1 aromatic rings. The second-order valence-corrected chi connectivity index (χ2v) is 3.81. The molecule has 5 heteroatoms. The molecule has 1 N–H and O–H groups in total. The largest absolute Gasteiger partial charge is 0.507 e. The number of nitrogens with zero attached hydrogens (tertiary/aromatic N) is 1. The summed E-state index contributed by atoms with van der Waals surface area (Å²) in [5.41, 5.74) is 0.230. The third-order valence-corrected chi connectivity index (χ3v) is 2.56. The Morgan fingerprint density at radius 3 is 2.78 bits per heavy atom. The van der Waals surface area contributed by atoms with Crippen molar-refractivity contribution in [1.29, 1.82) is 0 Å². The molecule has 0 aliphatic rings. The quantitative estimate of drug-likeness (QED) is 0.781. The zero-order valence-corrected chi connectivity index (χ0v) is 11.0. The molecule has 0 heterocycles. The van der Waals surface area contributed by atoms with Crippen molar-refractivity contribution in [3.8, 4) is 11.5 Å². The van der Waals surface area contributed by atoms with E-state index in [0.717, 1.165) is 0 Å². The molecule has 0 bridgehead atoms. The van der Waals surface area contributed by atoms with Gasteiger partial charge in [0, 0.05) is 20.2 Å². The van der Waals surface area contributed by atoms with Crippen LogP contribution in [-0.2, 0) is 4.74 Å². The number of likely N-dealkylation sites (N-methyl/N-ethyl adjacent to an activating group) is 1. The molecule has 5 nitrogen and oxygen atoms in total. The second-order valence-electron chi connectivity index (χ2n) is 3.81. The van der Waals surface area contributed by atoms with Crippen LogP contribution in [0.5, 0.6) is 11.5 Å². The summed E-state index contributed by atoms with van der Waals surface area (Å²) < 4.78 is 10.2. The van der Waals surface area contributed by atoms with E-state index in [4.69, 9.17) is 9.47 Å². The highest BCUT2D eigenvalue weighted by molar-refractivity contribution is 5.97. The van der Waals surface area contributed by atoms with E-state index in [1.165, 1.54) is 24.1 Å². The van der Waals surface area contributed by atoms with E-state index in [1.54, 1.807) is 13.1 Å². The molecule has 1 aromatic carbocycles. The number of benzene rings is 1. The van der Waals surface area contributed by atoms with Crippen LogP contribution >= 0.6 is 0 Å². The minimum Gasteiger partial charge on any atom is -0.507 e. The first-order valence-electron chi connectivity index (χ1n) is 5.80. The highest BCUT2D eigenvalue weighted by atomic mass is 16.5. The molecule has 100 valence electrons. The van der Waals surface area contributed by atoms with Crippen LogP contribution in [-0.4, -0.2) is 49.8 Å². The molecule has 0 saturated carbocycles. The number of ether oxygens (including phenoxy) is 2. The van der Waals surface area contributed by atoms with Gasteiger partial charge in [-0.25, -0.2) is 0 Å². The van der Waals surface area contributed by atoms with Crippen LogP contribution in [0.1, 0.15) is 17.3 Å². The van der Waals surface area contributed by atoms with Crippen LogP contribution in [0.4, 0.5) is 0 Å². The molecule has 0 fully saturated rings. The fourth-order valence-corrected chi connectivity index (χ4v) is 1.47. The minimum atomic E-state index is -0.258. The fraction of sp³-hybridized carbons (Fsp3) is 0.462. The van der Waals surface area contributed by atoms with Crippen LogP contribution in [0, 0.1) is 0 Å². The van der Waals surface area contributed by atoms with Crippen LogP contribution in [0.15, 0.2) is 18.2 Å². The van der Waals surface area contributed by atoms with Crippen LogP contribution in [0.25, 0.3) is 0 Å². The molecule has 0 saturated heterocycles. The maximum absolute atomic E-state index is 12.1. The van der Waals surface area contributed by atoms with Crippen LogP contribution in [0.3, 0.4) is 0 Å². The Morgan fingerprint density at radius 1 is 1.44 bits per heavy atom. The molecule has 1 rings (SSSR count). The Morgan fingerprint density at radius 2 is 2.17 bits per heavy atom. The third kappa shape index (κ3) is 3.63. The molecule has 0 aliphatic carbocycles. The van der Waals surface area contributed by atoms with Crippen molar-refractivity contribution in [1.82, 2.24) is 4.90 Å². The first kappa shape index (κ1) is 14.3. The van der Waals surface area contributed by atoms with E-state index in [0.29, 0.717) is 25.5 Å². The molecular formula is C13H19NO4. The predicted molar refractivity (Wildman–Crippen MR) is 68.1 cm³/mol. The first-order chi connectivity index (χ1) is 8.60. The average Bonchev–Trinajstić information content (AvgIpc) is 2.38. The van der Waals surface area contributed by atoms with Crippen LogP contribution in [0.2, 0.25) is 0 Å². The lowest BCUT2D eigenvalue weighted by Gasteiger charge is -2.18. The van der Waals surface area contributed by atoms with Gasteiger partial charge in [0.2, 0.25) is 0 Å². The molecule has 0 atom stereocenters. The number of hydrogen-bond acceptors (Lipinski definition) is 4. The van der Waals surface area contributed by atoms with Crippen molar-refractivity contribution in [2.24, 2.45) is 0 Å². The lowest BCUT2D eigenvalue weighted by Crippen LogP contribution is -2.30. The van der Waals surface area contributed by atoms with Gasteiger partial charge in [-0.05, 0) is 25.1 Å². The van der Waals surface area contributed by atoms with Gasteiger partial charge in [-0.15, -0.1) is 0 Å². The Kier molecular flexibility index (Phi) is 5.45. The molecule has 0 unspecified atom stereocenters. The van der Waals surface area contributed by atoms with E-state index < -0.39 is 0 Å². The van der Waals surface area contributed by atoms with Gasteiger partial charge in [0.1, 0.15) is 11.5 Å². The molecular weight excluding hydrogens is 234 g/mol. The van der Waals surface area contributed by atoms with E-state index in [-0.39, 0.29) is 17.2 Å². The Hall–Kier alpha value is -1.75. The van der Waals surface area contributed by atoms with E-state index in [9.17, 15) is 9.90 Å². The molecule has 18 heavy (non-hydrogen) atoms. The summed E-state index contributed by atoms with van der Waals surface area (Å²) in [6.45, 7) is 3.47. The maximum atomic E-state index is 12.1. The number of aromatic hydroxyl groups is 1. The minimum absolute atomic E-state index is 0.0518. The zero-order chi connectivity index (χ0) is 13.5. The van der Waals surface area contributed by atoms with Crippen LogP contribution < -0.4 is 4.74 Å². The van der Waals surface area contributed by atoms with Gasteiger partial charge in [0.05, 0.1) is 19.3 Å². The summed E-state index contributed by atoms with van der Waals surface area (Å²) >= 11 is 0. The van der Waals surface area contributed by atoms with Crippen molar-refractivity contribution in [3.63, 3.8) is 0 Å².